The third-order valence-corrected chi connectivity index (χ3v) is 4.15. The lowest BCUT2D eigenvalue weighted by atomic mass is 10.2. The van der Waals surface area contributed by atoms with Crippen LogP contribution in [0, 0.1) is 0 Å². The molecule has 2 atom stereocenters. The Morgan fingerprint density at radius 2 is 2.35 bits per heavy atom. The Morgan fingerprint density at radius 3 is 3.15 bits per heavy atom. The Hall–Kier alpha value is -1.36. The molecule has 0 aliphatic carbocycles. The molecular formula is C15H22N2O2S. The fraction of sp³-hybridized carbons (Fsp3) is 0.533. The normalized spacial score (nSPS) is 18.4. The molecule has 0 saturated carbocycles. The molecule has 1 aromatic rings. The summed E-state index contributed by atoms with van der Waals surface area (Å²) in [6.45, 7) is 4.70. The Balaban J connectivity index is 1.82. The fourth-order valence-electron chi connectivity index (χ4n) is 2.07. The number of fused-ring (bicyclic) bond motifs is 1. The van der Waals surface area contributed by atoms with Crippen LogP contribution in [0.1, 0.15) is 20.3 Å². The highest BCUT2D eigenvalue weighted by Gasteiger charge is 2.26. The second-order valence-corrected chi connectivity index (χ2v) is 6.27. The van der Waals surface area contributed by atoms with Gasteiger partial charge in [0.05, 0.1) is 12.2 Å². The summed E-state index contributed by atoms with van der Waals surface area (Å²) in [6.07, 6.45) is 0.534. The lowest BCUT2D eigenvalue weighted by Crippen LogP contribution is -2.47. The predicted octanol–water partition coefficient (Wildman–Crippen LogP) is 2.51. The van der Waals surface area contributed by atoms with Crippen LogP contribution in [-0.2, 0) is 4.79 Å². The van der Waals surface area contributed by atoms with Gasteiger partial charge in [0.1, 0.15) is 5.75 Å². The number of amides is 1. The van der Waals surface area contributed by atoms with E-state index in [1.54, 1.807) is 0 Å². The lowest BCUT2D eigenvalue weighted by molar-refractivity contribution is -0.128. The number of hydrogen-bond acceptors (Lipinski definition) is 4. The van der Waals surface area contributed by atoms with E-state index in [1.807, 2.05) is 43.0 Å². The Morgan fingerprint density at radius 1 is 1.55 bits per heavy atom. The van der Waals surface area contributed by atoms with Crippen LogP contribution < -0.4 is 15.4 Å². The first-order valence-corrected chi connectivity index (χ1v) is 8.24. The highest BCUT2D eigenvalue weighted by Crippen LogP contribution is 2.28. The molecule has 5 heteroatoms. The quantitative estimate of drug-likeness (QED) is 0.792. The molecule has 0 saturated heterocycles. The molecule has 0 fully saturated rings. The van der Waals surface area contributed by atoms with E-state index in [0.717, 1.165) is 29.4 Å². The van der Waals surface area contributed by atoms with Gasteiger partial charge in [-0.2, -0.15) is 11.8 Å². The van der Waals surface area contributed by atoms with E-state index in [4.69, 9.17) is 4.74 Å². The topological polar surface area (TPSA) is 50.4 Å². The number of ether oxygens (including phenoxy) is 1. The number of rotatable bonds is 6. The maximum absolute atomic E-state index is 12.2. The summed E-state index contributed by atoms with van der Waals surface area (Å²) < 4.78 is 5.74. The minimum atomic E-state index is -0.453. The van der Waals surface area contributed by atoms with E-state index in [-0.39, 0.29) is 11.9 Å². The zero-order chi connectivity index (χ0) is 14.4. The molecule has 1 aromatic carbocycles. The number of thioether (sulfide) groups is 1. The molecule has 4 nitrogen and oxygen atoms in total. The van der Waals surface area contributed by atoms with Crippen molar-refractivity contribution in [1.29, 1.82) is 0 Å². The van der Waals surface area contributed by atoms with Crippen molar-refractivity contribution < 1.29 is 9.53 Å². The number of para-hydroxylation sites is 2. The van der Waals surface area contributed by atoms with E-state index in [1.165, 1.54) is 0 Å². The van der Waals surface area contributed by atoms with Crippen LogP contribution in [0.3, 0.4) is 0 Å². The van der Waals surface area contributed by atoms with Gasteiger partial charge in [-0.1, -0.05) is 19.1 Å². The van der Waals surface area contributed by atoms with Crippen LogP contribution >= 0.6 is 11.8 Å². The van der Waals surface area contributed by atoms with Gasteiger partial charge < -0.3 is 15.4 Å². The molecule has 20 heavy (non-hydrogen) atoms. The molecule has 0 spiro atoms. The third-order valence-electron chi connectivity index (χ3n) is 3.21. The van der Waals surface area contributed by atoms with Crippen molar-refractivity contribution in [2.24, 2.45) is 0 Å². The average molecular weight is 294 g/mol. The lowest BCUT2D eigenvalue weighted by Gasteiger charge is -2.27. The van der Waals surface area contributed by atoms with Gasteiger partial charge in [-0.25, -0.2) is 0 Å². The number of benzene rings is 1. The Labute approximate surface area is 124 Å². The monoisotopic (exact) mass is 294 g/mol. The van der Waals surface area contributed by atoms with Crippen LogP contribution in [0.5, 0.6) is 5.75 Å². The molecule has 2 rings (SSSR count). The minimum absolute atomic E-state index is 0.0407. The van der Waals surface area contributed by atoms with Crippen molar-refractivity contribution in [3.63, 3.8) is 0 Å². The van der Waals surface area contributed by atoms with Crippen molar-refractivity contribution in [2.75, 3.05) is 23.4 Å². The second-order valence-electron chi connectivity index (χ2n) is 4.88. The molecule has 2 N–H and O–H groups in total. The molecule has 110 valence electrons. The fourth-order valence-corrected chi connectivity index (χ4v) is 2.88. The smallest absolute Gasteiger partial charge is 0.263 e. The first-order chi connectivity index (χ1) is 9.70. The van der Waals surface area contributed by atoms with Crippen molar-refractivity contribution in [3.8, 4) is 5.75 Å². The van der Waals surface area contributed by atoms with Crippen LogP contribution in [0.2, 0.25) is 0 Å². The number of carbonyl (C=O) groups excluding carboxylic acids is 1. The maximum Gasteiger partial charge on any atom is 0.263 e. The van der Waals surface area contributed by atoms with Gasteiger partial charge in [0, 0.05) is 6.04 Å². The first kappa shape index (κ1) is 15.0. The summed E-state index contributed by atoms with van der Waals surface area (Å²) in [7, 11) is 0. The van der Waals surface area contributed by atoms with Gasteiger partial charge in [0.2, 0.25) is 0 Å². The van der Waals surface area contributed by atoms with Gasteiger partial charge >= 0.3 is 0 Å². The van der Waals surface area contributed by atoms with Crippen molar-refractivity contribution in [1.82, 2.24) is 5.32 Å². The van der Waals surface area contributed by atoms with E-state index < -0.39 is 6.10 Å². The second kappa shape index (κ2) is 7.43. The summed E-state index contributed by atoms with van der Waals surface area (Å²) in [6, 6.07) is 7.87. The minimum Gasteiger partial charge on any atom is -0.477 e. The summed E-state index contributed by atoms with van der Waals surface area (Å²) in [5.41, 5.74) is 0.948. The van der Waals surface area contributed by atoms with E-state index in [0.29, 0.717) is 6.54 Å². The van der Waals surface area contributed by atoms with Gasteiger partial charge in [-0.05, 0) is 37.0 Å². The number of carbonyl (C=O) groups is 1. The summed E-state index contributed by atoms with van der Waals surface area (Å²) in [5, 5.41) is 6.25. The predicted molar refractivity (Wildman–Crippen MR) is 84.6 cm³/mol. The van der Waals surface area contributed by atoms with Crippen molar-refractivity contribution in [2.45, 2.75) is 32.4 Å². The van der Waals surface area contributed by atoms with Crippen LogP contribution in [0.4, 0.5) is 5.69 Å². The molecule has 1 aliphatic heterocycles. The van der Waals surface area contributed by atoms with Gasteiger partial charge in [0.25, 0.3) is 5.91 Å². The SMILES string of the molecule is CCSCCC(C)NC(=O)C1CNc2ccccc2O1. The highest BCUT2D eigenvalue weighted by molar-refractivity contribution is 7.99. The van der Waals surface area contributed by atoms with Gasteiger partial charge in [-0.3, -0.25) is 4.79 Å². The van der Waals surface area contributed by atoms with E-state index in [2.05, 4.69) is 17.6 Å². The Kier molecular flexibility index (Phi) is 5.59. The highest BCUT2D eigenvalue weighted by atomic mass is 32.2. The van der Waals surface area contributed by atoms with Crippen LogP contribution in [-0.4, -0.2) is 36.1 Å². The van der Waals surface area contributed by atoms with Gasteiger partial charge in [-0.15, -0.1) is 0 Å². The molecule has 1 aliphatic rings. The number of hydrogen-bond donors (Lipinski definition) is 2. The average Bonchev–Trinajstić information content (AvgIpc) is 2.47. The number of anilines is 1. The summed E-state index contributed by atoms with van der Waals surface area (Å²) >= 11 is 1.89. The molecular weight excluding hydrogens is 272 g/mol. The van der Waals surface area contributed by atoms with Crippen LogP contribution in [0.25, 0.3) is 0 Å². The van der Waals surface area contributed by atoms with E-state index >= 15 is 0 Å². The van der Waals surface area contributed by atoms with Crippen LogP contribution in [0.15, 0.2) is 24.3 Å². The summed E-state index contributed by atoms with van der Waals surface area (Å²) in [4.78, 5) is 12.2. The molecule has 0 aromatic heterocycles. The molecule has 1 heterocycles. The van der Waals surface area contributed by atoms with E-state index in [9.17, 15) is 4.79 Å². The molecule has 2 unspecified atom stereocenters. The zero-order valence-electron chi connectivity index (χ0n) is 12.0. The Bertz CT molecular complexity index is 453. The molecule has 0 radical (unpaired) electrons. The van der Waals surface area contributed by atoms with Crippen molar-refractivity contribution in [3.05, 3.63) is 24.3 Å². The first-order valence-electron chi connectivity index (χ1n) is 7.08. The standard InChI is InChI=1S/C15H22N2O2S/c1-3-20-9-8-11(2)17-15(18)14-10-16-12-6-4-5-7-13(12)19-14/h4-7,11,14,16H,3,8-10H2,1-2H3,(H,17,18). The molecule has 1 amide bonds. The maximum atomic E-state index is 12.2. The van der Waals surface area contributed by atoms with Crippen molar-refractivity contribution >= 4 is 23.4 Å². The summed E-state index contributed by atoms with van der Waals surface area (Å²) in [5.74, 6) is 2.89. The number of nitrogens with one attached hydrogen (secondary N) is 2. The van der Waals surface area contributed by atoms with Gasteiger partial charge in [0.15, 0.2) is 6.10 Å². The molecule has 0 bridgehead atoms. The largest absolute Gasteiger partial charge is 0.477 e. The zero-order valence-corrected chi connectivity index (χ0v) is 12.8. The third kappa shape index (κ3) is 4.07.